The number of ether oxygens (including phenoxy) is 1. The Morgan fingerprint density at radius 3 is 2.54 bits per heavy atom. The van der Waals surface area contributed by atoms with Gasteiger partial charge in [-0.15, -0.1) is 0 Å². The summed E-state index contributed by atoms with van der Waals surface area (Å²) in [4.78, 5) is 23.6. The largest absolute Gasteiger partial charge is 0.508 e. The van der Waals surface area contributed by atoms with Gasteiger partial charge in [-0.05, 0) is 43.3 Å². The molecule has 0 aliphatic heterocycles. The van der Waals surface area contributed by atoms with Crippen LogP contribution in [-0.4, -0.2) is 41.4 Å². The van der Waals surface area contributed by atoms with E-state index in [1.165, 1.54) is 18.3 Å². The van der Waals surface area contributed by atoms with Crippen LogP contribution in [0.1, 0.15) is 22.8 Å². The second-order valence-corrected chi connectivity index (χ2v) is 5.18. The Hall–Kier alpha value is -3.55. The third-order valence-corrected chi connectivity index (χ3v) is 3.24. The lowest BCUT2D eigenvalue weighted by Crippen LogP contribution is -2.34. The number of phenols is 2. The van der Waals surface area contributed by atoms with Gasteiger partial charge >= 0.3 is 0 Å². The SMILES string of the molecule is CCOc1ccc(C(=O)NCC(=O)N/N=C/c2ccc(O)cc2O)cc1. The number of nitrogens with one attached hydrogen (secondary N) is 2. The molecular formula is C18H19N3O5. The highest BCUT2D eigenvalue weighted by molar-refractivity contribution is 5.96. The number of hydrazone groups is 1. The van der Waals surface area contributed by atoms with Gasteiger partial charge in [0, 0.05) is 17.2 Å². The molecule has 0 aromatic heterocycles. The summed E-state index contributed by atoms with van der Waals surface area (Å²) >= 11 is 0. The molecule has 2 rings (SSSR count). The Balaban J connectivity index is 1.80. The van der Waals surface area contributed by atoms with E-state index in [-0.39, 0.29) is 18.0 Å². The molecule has 0 radical (unpaired) electrons. The van der Waals surface area contributed by atoms with Gasteiger partial charge < -0.3 is 20.3 Å². The fraction of sp³-hybridized carbons (Fsp3) is 0.167. The number of hydrogen-bond acceptors (Lipinski definition) is 6. The molecule has 0 saturated heterocycles. The average Bonchev–Trinajstić information content (AvgIpc) is 2.62. The van der Waals surface area contributed by atoms with Crippen molar-refractivity contribution in [2.75, 3.05) is 13.2 Å². The summed E-state index contributed by atoms with van der Waals surface area (Å²) in [5.74, 6) is -0.525. The summed E-state index contributed by atoms with van der Waals surface area (Å²) in [6, 6.07) is 10.5. The topological polar surface area (TPSA) is 120 Å². The number of rotatable bonds is 7. The maximum atomic E-state index is 12.0. The van der Waals surface area contributed by atoms with Crippen molar-refractivity contribution in [1.29, 1.82) is 0 Å². The first-order valence-electron chi connectivity index (χ1n) is 7.84. The van der Waals surface area contributed by atoms with E-state index in [1.54, 1.807) is 24.3 Å². The van der Waals surface area contributed by atoms with Crippen molar-refractivity contribution in [3.8, 4) is 17.2 Å². The summed E-state index contributed by atoms with van der Waals surface area (Å²) in [5, 5.41) is 24.9. The molecule has 4 N–H and O–H groups in total. The molecule has 0 spiro atoms. The first-order valence-corrected chi connectivity index (χ1v) is 7.84. The standard InChI is InChI=1S/C18H19N3O5/c1-2-26-15-7-4-12(5-8-15)18(25)19-11-17(24)21-20-10-13-3-6-14(22)9-16(13)23/h3-10,22-23H,2,11H2,1H3,(H,19,25)(H,21,24)/b20-10+. The molecule has 0 atom stereocenters. The predicted molar refractivity (Wildman–Crippen MR) is 95.5 cm³/mol. The Kier molecular flexibility index (Phi) is 6.55. The Bertz CT molecular complexity index is 803. The highest BCUT2D eigenvalue weighted by atomic mass is 16.5. The van der Waals surface area contributed by atoms with Crippen molar-refractivity contribution in [1.82, 2.24) is 10.7 Å². The summed E-state index contributed by atoms with van der Waals surface area (Å²) in [7, 11) is 0. The van der Waals surface area contributed by atoms with Crippen molar-refractivity contribution in [3.63, 3.8) is 0 Å². The number of benzene rings is 2. The van der Waals surface area contributed by atoms with Gasteiger partial charge in [0.25, 0.3) is 11.8 Å². The van der Waals surface area contributed by atoms with Crippen LogP contribution in [0.4, 0.5) is 0 Å². The number of carbonyl (C=O) groups is 2. The average molecular weight is 357 g/mol. The van der Waals surface area contributed by atoms with E-state index in [0.717, 1.165) is 6.07 Å². The number of nitrogens with zero attached hydrogens (tertiary/aromatic N) is 1. The lowest BCUT2D eigenvalue weighted by molar-refractivity contribution is -0.120. The van der Waals surface area contributed by atoms with Gasteiger partial charge in [-0.1, -0.05) is 0 Å². The van der Waals surface area contributed by atoms with E-state index in [2.05, 4.69) is 15.8 Å². The predicted octanol–water partition coefficient (Wildman–Crippen LogP) is 1.38. The number of hydrogen-bond donors (Lipinski definition) is 4. The zero-order valence-electron chi connectivity index (χ0n) is 14.1. The van der Waals surface area contributed by atoms with Crippen LogP contribution in [0, 0.1) is 0 Å². The van der Waals surface area contributed by atoms with Crippen molar-refractivity contribution < 1.29 is 24.5 Å². The van der Waals surface area contributed by atoms with Crippen LogP contribution in [0.5, 0.6) is 17.2 Å². The third kappa shape index (κ3) is 5.52. The van der Waals surface area contributed by atoms with Gasteiger partial charge in [-0.2, -0.15) is 5.10 Å². The summed E-state index contributed by atoms with van der Waals surface area (Å²) < 4.78 is 5.29. The minimum absolute atomic E-state index is 0.0827. The van der Waals surface area contributed by atoms with Crippen molar-refractivity contribution >= 4 is 18.0 Å². The van der Waals surface area contributed by atoms with Crippen LogP contribution in [0.2, 0.25) is 0 Å². The molecule has 26 heavy (non-hydrogen) atoms. The number of aromatic hydroxyl groups is 2. The Morgan fingerprint density at radius 2 is 1.88 bits per heavy atom. The highest BCUT2D eigenvalue weighted by Crippen LogP contribution is 2.20. The first kappa shape index (κ1) is 18.8. The highest BCUT2D eigenvalue weighted by Gasteiger charge is 2.08. The molecule has 0 heterocycles. The number of amides is 2. The molecule has 2 aromatic carbocycles. The van der Waals surface area contributed by atoms with E-state index in [4.69, 9.17) is 4.74 Å². The fourth-order valence-corrected chi connectivity index (χ4v) is 1.99. The van der Waals surface area contributed by atoms with E-state index >= 15 is 0 Å². The normalized spacial score (nSPS) is 10.5. The van der Waals surface area contributed by atoms with Crippen LogP contribution in [-0.2, 0) is 4.79 Å². The van der Waals surface area contributed by atoms with Gasteiger partial charge in [0.15, 0.2) is 0 Å². The molecular weight excluding hydrogens is 338 g/mol. The fourth-order valence-electron chi connectivity index (χ4n) is 1.99. The minimum atomic E-state index is -0.529. The van der Waals surface area contributed by atoms with Crippen LogP contribution in [0.15, 0.2) is 47.6 Å². The maximum Gasteiger partial charge on any atom is 0.259 e. The Labute approximate surface area is 150 Å². The van der Waals surface area contributed by atoms with Crippen molar-refractivity contribution in [3.05, 3.63) is 53.6 Å². The van der Waals surface area contributed by atoms with E-state index in [0.29, 0.717) is 23.5 Å². The smallest absolute Gasteiger partial charge is 0.259 e. The van der Waals surface area contributed by atoms with E-state index < -0.39 is 11.8 Å². The van der Waals surface area contributed by atoms with Crippen LogP contribution < -0.4 is 15.5 Å². The van der Waals surface area contributed by atoms with E-state index in [1.807, 2.05) is 6.92 Å². The van der Waals surface area contributed by atoms with Crippen molar-refractivity contribution in [2.24, 2.45) is 5.10 Å². The van der Waals surface area contributed by atoms with Crippen LogP contribution in [0.25, 0.3) is 0 Å². The summed E-state index contributed by atoms with van der Waals surface area (Å²) in [6.07, 6.45) is 1.22. The molecule has 2 amide bonds. The second-order valence-electron chi connectivity index (χ2n) is 5.18. The monoisotopic (exact) mass is 357 g/mol. The molecule has 8 heteroatoms. The van der Waals surface area contributed by atoms with Crippen LogP contribution in [0.3, 0.4) is 0 Å². The molecule has 8 nitrogen and oxygen atoms in total. The van der Waals surface area contributed by atoms with Gasteiger partial charge in [0.1, 0.15) is 17.2 Å². The van der Waals surface area contributed by atoms with Gasteiger partial charge in [0.05, 0.1) is 19.4 Å². The zero-order chi connectivity index (χ0) is 18.9. The number of phenolic OH excluding ortho intramolecular Hbond substituents is 2. The minimum Gasteiger partial charge on any atom is -0.508 e. The quantitative estimate of drug-likeness (QED) is 0.441. The molecule has 0 aliphatic carbocycles. The van der Waals surface area contributed by atoms with E-state index in [9.17, 15) is 19.8 Å². The first-order chi connectivity index (χ1) is 12.5. The lowest BCUT2D eigenvalue weighted by atomic mass is 10.2. The lowest BCUT2D eigenvalue weighted by Gasteiger charge is -2.06. The summed E-state index contributed by atoms with van der Waals surface area (Å²) in [5.41, 5.74) is 2.95. The number of carbonyl (C=O) groups excluding carboxylic acids is 2. The van der Waals surface area contributed by atoms with Crippen LogP contribution >= 0.6 is 0 Å². The molecule has 0 bridgehead atoms. The molecule has 0 saturated carbocycles. The van der Waals surface area contributed by atoms with Crippen molar-refractivity contribution in [2.45, 2.75) is 6.92 Å². The Morgan fingerprint density at radius 1 is 1.15 bits per heavy atom. The molecule has 0 fully saturated rings. The maximum absolute atomic E-state index is 12.0. The third-order valence-electron chi connectivity index (χ3n) is 3.24. The van der Waals surface area contributed by atoms with Gasteiger partial charge in [0.2, 0.25) is 0 Å². The molecule has 0 aliphatic rings. The molecule has 136 valence electrons. The second kappa shape index (κ2) is 9.07. The van der Waals surface area contributed by atoms with Gasteiger partial charge in [-0.3, -0.25) is 9.59 Å². The van der Waals surface area contributed by atoms with Gasteiger partial charge in [-0.25, -0.2) is 5.43 Å². The molecule has 0 unspecified atom stereocenters. The summed E-state index contributed by atoms with van der Waals surface area (Å²) in [6.45, 7) is 2.14. The zero-order valence-corrected chi connectivity index (χ0v) is 14.1. The molecule has 2 aromatic rings.